The largest absolute Gasteiger partial charge is 0.395 e. The van der Waals surface area contributed by atoms with Crippen molar-refractivity contribution in [3.8, 4) is 11.8 Å². The number of carbonyl (C=O) groups excluding carboxylic acids is 1. The molecule has 102 valence electrons. The number of aromatic nitrogens is 1. The van der Waals surface area contributed by atoms with E-state index < -0.39 is 0 Å². The molecule has 0 aliphatic heterocycles. The molecule has 0 aliphatic rings. The Morgan fingerprint density at radius 1 is 1.50 bits per heavy atom. The van der Waals surface area contributed by atoms with E-state index in [0.717, 1.165) is 5.56 Å². The second kappa shape index (κ2) is 6.55. The van der Waals surface area contributed by atoms with Crippen LogP contribution in [0.1, 0.15) is 28.1 Å². The van der Waals surface area contributed by atoms with Gasteiger partial charge in [0.05, 0.1) is 12.8 Å². The molecule has 1 heterocycles. The molecule has 0 radical (unpaired) electrons. The molecule has 20 heavy (non-hydrogen) atoms. The number of carbonyl (C=O) groups is 1. The quantitative estimate of drug-likeness (QED) is 0.836. The first-order valence-electron chi connectivity index (χ1n) is 6.13. The van der Waals surface area contributed by atoms with Crippen molar-refractivity contribution in [3.05, 3.63) is 47.3 Å². The van der Waals surface area contributed by atoms with E-state index in [0.29, 0.717) is 23.4 Å². The van der Waals surface area contributed by atoms with E-state index in [9.17, 15) is 4.79 Å². The Balaban J connectivity index is 2.11. The number of hydrogen-bond donors (Lipinski definition) is 2. The number of aliphatic hydroxyl groups excluding tert-OH is 1. The Morgan fingerprint density at radius 2 is 2.35 bits per heavy atom. The molecule has 0 atom stereocenters. The van der Waals surface area contributed by atoms with Crippen LogP contribution in [0.3, 0.4) is 0 Å². The maximum absolute atomic E-state index is 12.0. The summed E-state index contributed by atoms with van der Waals surface area (Å²) in [5, 5.41) is 15.0. The van der Waals surface area contributed by atoms with Crippen LogP contribution >= 0.6 is 0 Å². The van der Waals surface area contributed by atoms with Gasteiger partial charge in [-0.25, -0.2) is 0 Å². The highest BCUT2D eigenvalue weighted by Gasteiger charge is 2.12. The number of aliphatic hydroxyl groups is 1. The smallest absolute Gasteiger partial charge is 0.260 e. The van der Waals surface area contributed by atoms with E-state index >= 15 is 0 Å². The SMILES string of the molecule is Cc1oncc1C(=O)Nc1cccc(C#CCCO)c1. The first kappa shape index (κ1) is 13.8. The fourth-order valence-corrected chi connectivity index (χ4v) is 1.61. The summed E-state index contributed by atoms with van der Waals surface area (Å²) in [6.45, 7) is 1.72. The standard InChI is InChI=1S/C15H14N2O3/c1-11-14(10-16-20-11)15(19)17-13-7-4-6-12(9-13)5-2-3-8-18/h4,6-7,9-10,18H,3,8H2,1H3,(H,17,19). The molecule has 0 aliphatic carbocycles. The minimum atomic E-state index is -0.274. The molecular weight excluding hydrogens is 256 g/mol. The van der Waals surface area contributed by atoms with Crippen molar-refractivity contribution in [3.63, 3.8) is 0 Å². The Hall–Kier alpha value is -2.58. The van der Waals surface area contributed by atoms with E-state index in [-0.39, 0.29) is 12.5 Å². The summed E-state index contributed by atoms with van der Waals surface area (Å²) in [7, 11) is 0. The van der Waals surface area contributed by atoms with Gasteiger partial charge in [0.25, 0.3) is 5.91 Å². The molecule has 1 aromatic heterocycles. The monoisotopic (exact) mass is 270 g/mol. The van der Waals surface area contributed by atoms with E-state index in [1.165, 1.54) is 6.20 Å². The summed E-state index contributed by atoms with van der Waals surface area (Å²) in [6, 6.07) is 7.19. The van der Waals surface area contributed by atoms with Gasteiger partial charge >= 0.3 is 0 Å². The molecule has 1 amide bonds. The van der Waals surface area contributed by atoms with Crippen LogP contribution < -0.4 is 5.32 Å². The number of hydrogen-bond acceptors (Lipinski definition) is 4. The first-order valence-corrected chi connectivity index (χ1v) is 6.13. The highest BCUT2D eigenvalue weighted by Crippen LogP contribution is 2.13. The van der Waals surface area contributed by atoms with Crippen molar-refractivity contribution in [2.75, 3.05) is 11.9 Å². The maximum atomic E-state index is 12.0. The molecule has 5 heteroatoms. The van der Waals surface area contributed by atoms with Crippen molar-refractivity contribution in [2.24, 2.45) is 0 Å². The molecule has 2 aromatic rings. The van der Waals surface area contributed by atoms with Crippen LogP contribution in [0.25, 0.3) is 0 Å². The Labute approximate surface area is 116 Å². The third kappa shape index (κ3) is 3.46. The zero-order valence-electron chi connectivity index (χ0n) is 11.0. The van der Waals surface area contributed by atoms with Crippen molar-refractivity contribution >= 4 is 11.6 Å². The summed E-state index contributed by atoms with van der Waals surface area (Å²) in [5.41, 5.74) is 1.83. The van der Waals surface area contributed by atoms with Gasteiger partial charge < -0.3 is 14.9 Å². The summed E-state index contributed by atoms with van der Waals surface area (Å²) in [4.78, 5) is 12.0. The molecule has 0 fully saturated rings. The topological polar surface area (TPSA) is 75.4 Å². The lowest BCUT2D eigenvalue weighted by molar-refractivity contribution is 0.102. The lowest BCUT2D eigenvalue weighted by Gasteiger charge is -2.04. The van der Waals surface area contributed by atoms with Gasteiger partial charge in [-0.3, -0.25) is 4.79 Å². The van der Waals surface area contributed by atoms with E-state index in [4.69, 9.17) is 9.63 Å². The zero-order chi connectivity index (χ0) is 14.4. The van der Waals surface area contributed by atoms with Crippen LogP contribution in [0, 0.1) is 18.8 Å². The molecule has 0 saturated carbocycles. The van der Waals surface area contributed by atoms with Crippen molar-refractivity contribution in [1.29, 1.82) is 0 Å². The summed E-state index contributed by atoms with van der Waals surface area (Å²) >= 11 is 0. The van der Waals surface area contributed by atoms with Crippen LogP contribution in [0.5, 0.6) is 0 Å². The van der Waals surface area contributed by atoms with Gasteiger partial charge in [0.2, 0.25) is 0 Å². The Morgan fingerprint density at radius 3 is 3.05 bits per heavy atom. The van der Waals surface area contributed by atoms with E-state index in [1.807, 2.05) is 6.07 Å². The number of nitrogens with zero attached hydrogens (tertiary/aromatic N) is 1. The number of amides is 1. The van der Waals surface area contributed by atoms with Crippen LogP contribution in [-0.2, 0) is 0 Å². The third-order valence-corrected chi connectivity index (χ3v) is 2.59. The second-order valence-electron chi connectivity index (χ2n) is 4.11. The van der Waals surface area contributed by atoms with Gasteiger partial charge in [-0.05, 0) is 25.1 Å². The Kier molecular flexibility index (Phi) is 4.53. The van der Waals surface area contributed by atoms with E-state index in [2.05, 4.69) is 22.3 Å². The summed E-state index contributed by atoms with van der Waals surface area (Å²) in [5.74, 6) is 5.94. The molecule has 0 spiro atoms. The normalized spacial score (nSPS) is 9.70. The fraction of sp³-hybridized carbons (Fsp3) is 0.200. The van der Waals surface area contributed by atoms with Crippen LogP contribution in [-0.4, -0.2) is 22.8 Å². The van der Waals surface area contributed by atoms with Gasteiger partial charge in [-0.1, -0.05) is 23.1 Å². The predicted molar refractivity (Wildman–Crippen MR) is 74.2 cm³/mol. The number of nitrogens with one attached hydrogen (secondary N) is 1. The van der Waals surface area contributed by atoms with E-state index in [1.54, 1.807) is 25.1 Å². The minimum Gasteiger partial charge on any atom is -0.395 e. The number of anilines is 1. The number of rotatable bonds is 3. The number of benzene rings is 1. The van der Waals surface area contributed by atoms with Crippen LogP contribution in [0.4, 0.5) is 5.69 Å². The highest BCUT2D eigenvalue weighted by molar-refractivity contribution is 6.04. The molecule has 5 nitrogen and oxygen atoms in total. The minimum absolute atomic E-state index is 0.0379. The third-order valence-electron chi connectivity index (χ3n) is 2.59. The van der Waals surface area contributed by atoms with Crippen molar-refractivity contribution in [2.45, 2.75) is 13.3 Å². The molecule has 2 N–H and O–H groups in total. The van der Waals surface area contributed by atoms with Crippen molar-refractivity contribution in [1.82, 2.24) is 5.16 Å². The van der Waals surface area contributed by atoms with Gasteiger partial charge in [-0.15, -0.1) is 0 Å². The second-order valence-corrected chi connectivity index (χ2v) is 4.11. The average Bonchev–Trinajstić information content (AvgIpc) is 2.86. The fourth-order valence-electron chi connectivity index (χ4n) is 1.61. The first-order chi connectivity index (χ1) is 9.70. The molecular formula is C15H14N2O3. The lowest BCUT2D eigenvalue weighted by atomic mass is 10.2. The average molecular weight is 270 g/mol. The van der Waals surface area contributed by atoms with Gasteiger partial charge in [-0.2, -0.15) is 0 Å². The van der Waals surface area contributed by atoms with Crippen LogP contribution in [0.2, 0.25) is 0 Å². The molecule has 2 rings (SSSR count). The van der Waals surface area contributed by atoms with Crippen LogP contribution in [0.15, 0.2) is 35.0 Å². The molecule has 0 saturated heterocycles. The summed E-state index contributed by atoms with van der Waals surface area (Å²) < 4.78 is 4.86. The van der Waals surface area contributed by atoms with Gasteiger partial charge in [0.1, 0.15) is 11.3 Å². The van der Waals surface area contributed by atoms with Crippen molar-refractivity contribution < 1.29 is 14.4 Å². The predicted octanol–water partition coefficient (Wildman–Crippen LogP) is 1.97. The van der Waals surface area contributed by atoms with Gasteiger partial charge in [0, 0.05) is 17.7 Å². The Bertz CT molecular complexity index is 665. The molecule has 0 unspecified atom stereocenters. The zero-order valence-corrected chi connectivity index (χ0v) is 11.0. The highest BCUT2D eigenvalue weighted by atomic mass is 16.5. The lowest BCUT2D eigenvalue weighted by Crippen LogP contribution is -2.12. The molecule has 0 bridgehead atoms. The van der Waals surface area contributed by atoms with Gasteiger partial charge in [0.15, 0.2) is 0 Å². The number of aryl methyl sites for hydroxylation is 1. The maximum Gasteiger partial charge on any atom is 0.260 e. The molecule has 1 aromatic carbocycles. The summed E-state index contributed by atoms with van der Waals surface area (Å²) in [6.07, 6.45) is 1.81.